The Morgan fingerprint density at radius 2 is 1.75 bits per heavy atom. The van der Waals surface area contributed by atoms with E-state index in [4.69, 9.17) is 0 Å². The predicted molar refractivity (Wildman–Crippen MR) is 83.1 cm³/mol. The highest BCUT2D eigenvalue weighted by molar-refractivity contribution is 5.29. The van der Waals surface area contributed by atoms with Crippen LogP contribution in [0.25, 0.3) is 0 Å². The molecule has 20 heavy (non-hydrogen) atoms. The minimum Gasteiger partial charge on any atom is -0.338 e. The molecule has 2 heterocycles. The van der Waals surface area contributed by atoms with Crippen LogP contribution in [0.15, 0.2) is 18.5 Å². The summed E-state index contributed by atoms with van der Waals surface area (Å²) in [7, 11) is 0. The van der Waals surface area contributed by atoms with Crippen LogP contribution in [0.5, 0.6) is 0 Å². The Hall–Kier alpha value is -1.20. The first-order valence-electron chi connectivity index (χ1n) is 7.81. The van der Waals surface area contributed by atoms with Crippen molar-refractivity contribution in [2.75, 3.05) is 44.2 Å². The summed E-state index contributed by atoms with van der Waals surface area (Å²) < 4.78 is 0. The zero-order valence-electron chi connectivity index (χ0n) is 12.8. The van der Waals surface area contributed by atoms with Crippen molar-refractivity contribution in [3.05, 3.63) is 18.5 Å². The van der Waals surface area contributed by atoms with Gasteiger partial charge in [0.05, 0.1) is 0 Å². The minimum absolute atomic E-state index is 0.675. The molecule has 1 aliphatic rings. The van der Waals surface area contributed by atoms with Crippen molar-refractivity contribution in [3.8, 4) is 0 Å². The Balaban J connectivity index is 1.67. The molecule has 0 unspecified atom stereocenters. The van der Waals surface area contributed by atoms with E-state index in [1.165, 1.54) is 12.8 Å². The van der Waals surface area contributed by atoms with Crippen LogP contribution in [0.3, 0.4) is 0 Å². The van der Waals surface area contributed by atoms with Gasteiger partial charge in [-0.05, 0) is 18.9 Å². The largest absolute Gasteiger partial charge is 0.338 e. The molecule has 0 amide bonds. The van der Waals surface area contributed by atoms with Crippen molar-refractivity contribution >= 4 is 5.95 Å². The molecule has 2 rings (SSSR count). The molecule has 1 N–H and O–H groups in total. The van der Waals surface area contributed by atoms with Crippen LogP contribution < -0.4 is 10.2 Å². The van der Waals surface area contributed by atoms with E-state index in [2.05, 4.69) is 38.9 Å². The van der Waals surface area contributed by atoms with Gasteiger partial charge in [0.25, 0.3) is 0 Å². The van der Waals surface area contributed by atoms with Crippen LogP contribution in [0, 0.1) is 0 Å². The lowest BCUT2D eigenvalue weighted by molar-refractivity contribution is 0.251. The average molecular weight is 277 g/mol. The van der Waals surface area contributed by atoms with Crippen LogP contribution in [0.1, 0.15) is 26.7 Å². The maximum absolute atomic E-state index is 4.32. The summed E-state index contributed by atoms with van der Waals surface area (Å²) in [6.07, 6.45) is 6.06. The molecular formula is C15H27N5. The minimum atomic E-state index is 0.675. The Morgan fingerprint density at radius 3 is 2.35 bits per heavy atom. The van der Waals surface area contributed by atoms with Gasteiger partial charge < -0.3 is 10.2 Å². The molecule has 1 aliphatic heterocycles. The number of nitrogens with zero attached hydrogens (tertiary/aromatic N) is 4. The monoisotopic (exact) mass is 277 g/mol. The lowest BCUT2D eigenvalue weighted by atomic mass is 10.2. The molecule has 0 atom stereocenters. The van der Waals surface area contributed by atoms with Crippen LogP contribution in [-0.4, -0.2) is 60.2 Å². The first-order chi connectivity index (χ1) is 9.83. The van der Waals surface area contributed by atoms with Crippen LogP contribution in [0.2, 0.25) is 0 Å². The van der Waals surface area contributed by atoms with Gasteiger partial charge in [0.2, 0.25) is 5.95 Å². The maximum atomic E-state index is 4.32. The second-order valence-corrected chi connectivity index (χ2v) is 5.35. The molecule has 0 saturated carbocycles. The standard InChI is InChI=1S/C15H27N5/c1-3-14(4-2)16-8-9-19-10-12-20(13-11-19)15-17-6-5-7-18-15/h5-7,14,16H,3-4,8-13H2,1-2H3. The lowest BCUT2D eigenvalue weighted by Gasteiger charge is -2.34. The fourth-order valence-corrected chi connectivity index (χ4v) is 2.63. The molecule has 112 valence electrons. The summed E-state index contributed by atoms with van der Waals surface area (Å²) in [5.41, 5.74) is 0. The normalized spacial score (nSPS) is 16.9. The van der Waals surface area contributed by atoms with E-state index in [0.29, 0.717) is 6.04 Å². The molecule has 5 heteroatoms. The van der Waals surface area contributed by atoms with Crippen molar-refractivity contribution in [2.45, 2.75) is 32.7 Å². The number of anilines is 1. The molecule has 0 aromatic carbocycles. The van der Waals surface area contributed by atoms with Crippen LogP contribution >= 0.6 is 0 Å². The van der Waals surface area contributed by atoms with Crippen molar-refractivity contribution in [1.82, 2.24) is 20.2 Å². The fraction of sp³-hybridized carbons (Fsp3) is 0.733. The van der Waals surface area contributed by atoms with Gasteiger partial charge in [-0.25, -0.2) is 9.97 Å². The molecule has 5 nitrogen and oxygen atoms in total. The number of hydrogen-bond acceptors (Lipinski definition) is 5. The highest BCUT2D eigenvalue weighted by Gasteiger charge is 2.18. The molecule has 0 aliphatic carbocycles. The van der Waals surface area contributed by atoms with E-state index in [0.717, 1.165) is 45.2 Å². The number of hydrogen-bond donors (Lipinski definition) is 1. The number of piperazine rings is 1. The van der Waals surface area contributed by atoms with Gasteiger partial charge in [-0.1, -0.05) is 13.8 Å². The van der Waals surface area contributed by atoms with Gasteiger partial charge in [-0.3, -0.25) is 4.90 Å². The predicted octanol–water partition coefficient (Wildman–Crippen LogP) is 1.38. The second-order valence-electron chi connectivity index (χ2n) is 5.35. The molecule has 0 spiro atoms. The van der Waals surface area contributed by atoms with Gasteiger partial charge in [0.1, 0.15) is 0 Å². The first-order valence-corrected chi connectivity index (χ1v) is 7.81. The Kier molecular flexibility index (Phi) is 6.21. The van der Waals surface area contributed by atoms with Crippen LogP contribution in [0.4, 0.5) is 5.95 Å². The Morgan fingerprint density at radius 1 is 1.10 bits per heavy atom. The fourth-order valence-electron chi connectivity index (χ4n) is 2.63. The molecule has 1 fully saturated rings. The average Bonchev–Trinajstić information content (AvgIpc) is 2.53. The summed E-state index contributed by atoms with van der Waals surface area (Å²) in [5.74, 6) is 0.863. The van der Waals surface area contributed by atoms with E-state index in [9.17, 15) is 0 Å². The van der Waals surface area contributed by atoms with Gasteiger partial charge in [-0.2, -0.15) is 0 Å². The summed E-state index contributed by atoms with van der Waals surface area (Å²) in [6, 6.07) is 2.54. The highest BCUT2D eigenvalue weighted by Crippen LogP contribution is 2.09. The van der Waals surface area contributed by atoms with E-state index in [-0.39, 0.29) is 0 Å². The topological polar surface area (TPSA) is 44.3 Å². The quantitative estimate of drug-likeness (QED) is 0.815. The first kappa shape index (κ1) is 15.2. The number of rotatable bonds is 7. The van der Waals surface area contributed by atoms with Gasteiger partial charge in [0, 0.05) is 57.7 Å². The van der Waals surface area contributed by atoms with E-state index < -0.39 is 0 Å². The third-order valence-corrected chi connectivity index (χ3v) is 4.05. The van der Waals surface area contributed by atoms with Crippen molar-refractivity contribution in [2.24, 2.45) is 0 Å². The van der Waals surface area contributed by atoms with Crippen molar-refractivity contribution in [1.29, 1.82) is 0 Å². The van der Waals surface area contributed by atoms with Crippen molar-refractivity contribution in [3.63, 3.8) is 0 Å². The van der Waals surface area contributed by atoms with Crippen molar-refractivity contribution < 1.29 is 0 Å². The summed E-state index contributed by atoms with van der Waals surface area (Å²) >= 11 is 0. The SMILES string of the molecule is CCC(CC)NCCN1CCN(c2ncccn2)CC1. The zero-order valence-corrected chi connectivity index (χ0v) is 12.8. The summed E-state index contributed by atoms with van der Waals surface area (Å²) in [5, 5.41) is 3.63. The molecule has 1 aromatic rings. The summed E-state index contributed by atoms with van der Waals surface area (Å²) in [4.78, 5) is 13.4. The maximum Gasteiger partial charge on any atom is 0.225 e. The van der Waals surface area contributed by atoms with Gasteiger partial charge in [0.15, 0.2) is 0 Å². The summed E-state index contributed by atoms with van der Waals surface area (Å²) in [6.45, 7) is 11.0. The van der Waals surface area contributed by atoms with Gasteiger partial charge in [-0.15, -0.1) is 0 Å². The molecule has 1 aromatic heterocycles. The molecule has 1 saturated heterocycles. The smallest absolute Gasteiger partial charge is 0.225 e. The third kappa shape index (κ3) is 4.42. The third-order valence-electron chi connectivity index (χ3n) is 4.05. The molecule has 0 bridgehead atoms. The molecular weight excluding hydrogens is 250 g/mol. The molecule has 0 radical (unpaired) electrons. The van der Waals surface area contributed by atoms with E-state index >= 15 is 0 Å². The Labute approximate surface area is 122 Å². The highest BCUT2D eigenvalue weighted by atomic mass is 15.3. The number of aromatic nitrogens is 2. The van der Waals surface area contributed by atoms with E-state index in [1.54, 1.807) is 0 Å². The second kappa shape index (κ2) is 8.17. The van der Waals surface area contributed by atoms with Gasteiger partial charge >= 0.3 is 0 Å². The van der Waals surface area contributed by atoms with E-state index in [1.807, 2.05) is 18.5 Å². The lowest BCUT2D eigenvalue weighted by Crippen LogP contribution is -2.49. The van der Waals surface area contributed by atoms with Crippen LogP contribution in [-0.2, 0) is 0 Å². The Bertz CT molecular complexity index is 358. The zero-order chi connectivity index (χ0) is 14.2. The number of nitrogens with one attached hydrogen (secondary N) is 1.